The first-order valence-electron chi connectivity index (χ1n) is 5.14. The highest BCUT2D eigenvalue weighted by Crippen LogP contribution is 2.14. The van der Waals surface area contributed by atoms with Gasteiger partial charge >= 0.3 is 0 Å². The zero-order chi connectivity index (χ0) is 12.3. The van der Waals surface area contributed by atoms with E-state index in [1.54, 1.807) is 13.3 Å². The van der Waals surface area contributed by atoms with Crippen molar-refractivity contribution >= 4 is 17.2 Å². The van der Waals surface area contributed by atoms with Gasteiger partial charge in [-0.3, -0.25) is 0 Å². The van der Waals surface area contributed by atoms with Crippen molar-refractivity contribution in [3.05, 3.63) is 48.0 Å². The van der Waals surface area contributed by atoms with E-state index in [4.69, 9.17) is 22.7 Å². The molecule has 0 atom stereocenters. The zero-order valence-electron chi connectivity index (χ0n) is 9.46. The van der Waals surface area contributed by atoms with Crippen LogP contribution in [-0.2, 0) is 6.54 Å². The van der Waals surface area contributed by atoms with Gasteiger partial charge in [-0.1, -0.05) is 24.4 Å². The van der Waals surface area contributed by atoms with E-state index in [2.05, 4.69) is 4.98 Å². The highest BCUT2D eigenvalue weighted by Gasteiger charge is 2.06. The van der Waals surface area contributed by atoms with Crippen LogP contribution in [0.25, 0.3) is 0 Å². The maximum atomic E-state index is 5.59. The van der Waals surface area contributed by atoms with Gasteiger partial charge in [0.1, 0.15) is 10.7 Å². The predicted octanol–water partition coefficient (Wildman–Crippen LogP) is 1.57. The highest BCUT2D eigenvalue weighted by molar-refractivity contribution is 7.80. The zero-order valence-corrected chi connectivity index (χ0v) is 10.3. The number of imidazole rings is 1. The summed E-state index contributed by atoms with van der Waals surface area (Å²) in [6, 6.07) is 7.85. The van der Waals surface area contributed by atoms with E-state index < -0.39 is 0 Å². The molecule has 1 aromatic heterocycles. The molecule has 5 heteroatoms. The molecule has 0 radical (unpaired) electrons. The summed E-state index contributed by atoms with van der Waals surface area (Å²) in [5.41, 5.74) is 6.70. The lowest BCUT2D eigenvalue weighted by atomic mass is 10.2. The van der Waals surface area contributed by atoms with Crippen LogP contribution in [0.2, 0.25) is 0 Å². The average molecular weight is 247 g/mol. The van der Waals surface area contributed by atoms with E-state index in [1.807, 2.05) is 35.0 Å². The van der Waals surface area contributed by atoms with Gasteiger partial charge in [-0.05, 0) is 17.7 Å². The Labute approximate surface area is 105 Å². The van der Waals surface area contributed by atoms with Crippen LogP contribution in [0, 0.1) is 0 Å². The molecule has 0 fully saturated rings. The van der Waals surface area contributed by atoms with Crippen molar-refractivity contribution in [3.8, 4) is 5.75 Å². The Kier molecular flexibility index (Phi) is 3.39. The molecule has 1 heterocycles. The largest absolute Gasteiger partial charge is 0.497 e. The number of aromatic nitrogens is 2. The number of hydrogen-bond acceptors (Lipinski definition) is 3. The van der Waals surface area contributed by atoms with Crippen LogP contribution in [0.3, 0.4) is 0 Å². The van der Waals surface area contributed by atoms with Crippen LogP contribution in [0.4, 0.5) is 0 Å². The molecule has 2 N–H and O–H groups in total. The SMILES string of the molecule is COc1cccc(Cn2ccnc2C(N)=S)c1. The van der Waals surface area contributed by atoms with Crippen molar-refractivity contribution in [1.29, 1.82) is 0 Å². The standard InChI is InChI=1S/C12H13N3OS/c1-16-10-4-2-3-9(7-10)8-15-6-5-14-12(15)11(13)17/h2-7H,8H2,1H3,(H2,13,17). The quantitative estimate of drug-likeness (QED) is 0.833. The van der Waals surface area contributed by atoms with Crippen LogP contribution < -0.4 is 10.5 Å². The van der Waals surface area contributed by atoms with Crippen molar-refractivity contribution in [2.24, 2.45) is 5.73 Å². The molecule has 4 nitrogen and oxygen atoms in total. The summed E-state index contributed by atoms with van der Waals surface area (Å²) in [7, 11) is 1.65. The number of ether oxygens (including phenoxy) is 1. The minimum atomic E-state index is 0.304. The first kappa shape index (κ1) is 11.6. The lowest BCUT2D eigenvalue weighted by molar-refractivity contribution is 0.414. The molecule has 17 heavy (non-hydrogen) atoms. The maximum absolute atomic E-state index is 5.59. The van der Waals surface area contributed by atoms with Gasteiger partial charge in [-0.2, -0.15) is 0 Å². The third kappa shape index (κ3) is 2.62. The average Bonchev–Trinajstić information content (AvgIpc) is 2.77. The second kappa shape index (κ2) is 4.97. The van der Waals surface area contributed by atoms with Gasteiger partial charge in [0.15, 0.2) is 5.82 Å². The lowest BCUT2D eigenvalue weighted by Gasteiger charge is -2.08. The monoisotopic (exact) mass is 247 g/mol. The van der Waals surface area contributed by atoms with Crippen LogP contribution >= 0.6 is 12.2 Å². The topological polar surface area (TPSA) is 53.1 Å². The number of benzene rings is 1. The number of nitrogens with two attached hydrogens (primary N) is 1. The van der Waals surface area contributed by atoms with E-state index >= 15 is 0 Å². The molecular weight excluding hydrogens is 234 g/mol. The van der Waals surface area contributed by atoms with Crippen molar-refractivity contribution in [1.82, 2.24) is 9.55 Å². The number of methoxy groups -OCH3 is 1. The minimum Gasteiger partial charge on any atom is -0.497 e. The number of rotatable bonds is 4. The van der Waals surface area contributed by atoms with Gasteiger partial charge < -0.3 is 15.0 Å². The van der Waals surface area contributed by atoms with Gasteiger partial charge in [0.25, 0.3) is 0 Å². The van der Waals surface area contributed by atoms with Gasteiger partial charge in [-0.25, -0.2) is 4.98 Å². The molecule has 0 unspecified atom stereocenters. The molecule has 0 aliphatic heterocycles. The summed E-state index contributed by atoms with van der Waals surface area (Å²) < 4.78 is 7.09. The molecule has 88 valence electrons. The second-order valence-electron chi connectivity index (χ2n) is 3.59. The number of nitrogens with zero attached hydrogens (tertiary/aromatic N) is 2. The van der Waals surface area contributed by atoms with Crippen LogP contribution in [0.15, 0.2) is 36.7 Å². The summed E-state index contributed by atoms with van der Waals surface area (Å²) in [6.45, 7) is 0.671. The van der Waals surface area contributed by atoms with Gasteiger partial charge in [0, 0.05) is 18.9 Å². The normalized spacial score (nSPS) is 10.2. The molecule has 0 saturated carbocycles. The molecule has 2 rings (SSSR count). The molecular formula is C12H13N3OS. The van der Waals surface area contributed by atoms with Crippen molar-refractivity contribution in [2.75, 3.05) is 7.11 Å². The maximum Gasteiger partial charge on any atom is 0.167 e. The summed E-state index contributed by atoms with van der Waals surface area (Å²) in [4.78, 5) is 4.42. The van der Waals surface area contributed by atoms with E-state index in [1.165, 1.54) is 0 Å². The molecule has 0 spiro atoms. The Morgan fingerprint density at radius 2 is 2.35 bits per heavy atom. The Morgan fingerprint density at radius 1 is 1.53 bits per heavy atom. The fourth-order valence-electron chi connectivity index (χ4n) is 1.63. The Hall–Kier alpha value is -1.88. The van der Waals surface area contributed by atoms with E-state index in [0.717, 1.165) is 11.3 Å². The Balaban J connectivity index is 2.25. The smallest absolute Gasteiger partial charge is 0.167 e. The van der Waals surface area contributed by atoms with Crippen LogP contribution in [0.5, 0.6) is 5.75 Å². The first-order valence-corrected chi connectivity index (χ1v) is 5.55. The molecule has 0 amide bonds. The number of hydrogen-bond donors (Lipinski definition) is 1. The third-order valence-corrected chi connectivity index (χ3v) is 2.61. The van der Waals surface area contributed by atoms with Gasteiger partial charge in [-0.15, -0.1) is 0 Å². The predicted molar refractivity (Wildman–Crippen MR) is 70.2 cm³/mol. The van der Waals surface area contributed by atoms with Crippen molar-refractivity contribution < 1.29 is 4.74 Å². The summed E-state index contributed by atoms with van der Waals surface area (Å²) in [5.74, 6) is 1.46. The first-order chi connectivity index (χ1) is 8.20. The molecule has 0 saturated heterocycles. The van der Waals surface area contributed by atoms with Crippen molar-refractivity contribution in [2.45, 2.75) is 6.54 Å². The van der Waals surface area contributed by atoms with Crippen LogP contribution in [0.1, 0.15) is 11.4 Å². The summed E-state index contributed by atoms with van der Waals surface area (Å²) in [5, 5.41) is 0. The van der Waals surface area contributed by atoms with Crippen molar-refractivity contribution in [3.63, 3.8) is 0 Å². The fraction of sp³-hybridized carbons (Fsp3) is 0.167. The van der Waals surface area contributed by atoms with Crippen LogP contribution in [-0.4, -0.2) is 21.6 Å². The van der Waals surface area contributed by atoms with Gasteiger partial charge in [0.05, 0.1) is 7.11 Å². The molecule has 0 bridgehead atoms. The molecule has 1 aromatic carbocycles. The lowest BCUT2D eigenvalue weighted by Crippen LogP contribution is -2.17. The fourth-order valence-corrected chi connectivity index (χ4v) is 1.80. The Bertz CT molecular complexity index is 536. The molecule has 2 aromatic rings. The molecule has 0 aliphatic carbocycles. The van der Waals surface area contributed by atoms with E-state index in [-0.39, 0.29) is 0 Å². The number of thiocarbonyl (C=S) groups is 1. The third-order valence-electron chi connectivity index (χ3n) is 2.42. The van der Waals surface area contributed by atoms with Gasteiger partial charge in [0.2, 0.25) is 0 Å². The molecule has 0 aliphatic rings. The minimum absolute atomic E-state index is 0.304. The second-order valence-corrected chi connectivity index (χ2v) is 4.03. The summed E-state index contributed by atoms with van der Waals surface area (Å²) in [6.07, 6.45) is 3.54. The Morgan fingerprint density at radius 3 is 3.06 bits per heavy atom. The van der Waals surface area contributed by atoms with E-state index in [0.29, 0.717) is 17.4 Å². The highest BCUT2D eigenvalue weighted by atomic mass is 32.1. The van der Waals surface area contributed by atoms with E-state index in [9.17, 15) is 0 Å². The summed E-state index contributed by atoms with van der Waals surface area (Å²) >= 11 is 4.94.